The zero-order chi connectivity index (χ0) is 17.8. The van der Waals surface area contributed by atoms with Gasteiger partial charge < -0.3 is 15.1 Å². The number of amides is 2. The number of thiazole rings is 1. The van der Waals surface area contributed by atoms with Crippen LogP contribution in [0, 0.1) is 20.8 Å². The third-order valence-corrected chi connectivity index (χ3v) is 5.39. The maximum Gasteiger partial charge on any atom is 0.317 e. The highest BCUT2D eigenvalue weighted by molar-refractivity contribution is 7.13. The van der Waals surface area contributed by atoms with Gasteiger partial charge in [-0.1, -0.05) is 0 Å². The number of nitrogens with one attached hydrogen (secondary N) is 1. The summed E-state index contributed by atoms with van der Waals surface area (Å²) in [7, 11) is 0. The number of hydrogen-bond acceptors (Lipinski definition) is 5. The highest BCUT2D eigenvalue weighted by Gasteiger charge is 2.22. The molecule has 7 nitrogen and oxygen atoms in total. The SMILES string of the molecule is Cc1csc(N2CCN(C(=O)NCCCn3nc(C)cc3C)CC2)n1. The Morgan fingerprint density at radius 3 is 2.56 bits per heavy atom. The topological polar surface area (TPSA) is 66.3 Å². The summed E-state index contributed by atoms with van der Waals surface area (Å²) < 4.78 is 2.00. The van der Waals surface area contributed by atoms with E-state index in [1.54, 1.807) is 11.3 Å². The summed E-state index contributed by atoms with van der Waals surface area (Å²) in [5, 5.41) is 10.6. The number of carbonyl (C=O) groups is 1. The van der Waals surface area contributed by atoms with Crippen molar-refractivity contribution in [1.82, 2.24) is 25.0 Å². The van der Waals surface area contributed by atoms with E-state index in [-0.39, 0.29) is 6.03 Å². The maximum atomic E-state index is 12.3. The Bertz CT molecular complexity index is 717. The molecule has 1 saturated heterocycles. The Kier molecular flexibility index (Phi) is 5.57. The van der Waals surface area contributed by atoms with Gasteiger partial charge in [-0.25, -0.2) is 9.78 Å². The first-order valence-electron chi connectivity index (χ1n) is 8.74. The molecule has 0 spiro atoms. The number of anilines is 1. The molecule has 25 heavy (non-hydrogen) atoms. The number of aryl methyl sites for hydroxylation is 4. The number of aromatic nitrogens is 3. The van der Waals surface area contributed by atoms with Crippen molar-refractivity contribution >= 4 is 22.5 Å². The Morgan fingerprint density at radius 2 is 1.96 bits per heavy atom. The molecular formula is C17H26N6OS. The van der Waals surface area contributed by atoms with Crippen LogP contribution in [-0.2, 0) is 6.54 Å². The highest BCUT2D eigenvalue weighted by atomic mass is 32.1. The van der Waals surface area contributed by atoms with Gasteiger partial charge in [0, 0.05) is 50.3 Å². The van der Waals surface area contributed by atoms with Crippen LogP contribution >= 0.6 is 11.3 Å². The van der Waals surface area contributed by atoms with Gasteiger partial charge >= 0.3 is 6.03 Å². The zero-order valence-corrected chi connectivity index (χ0v) is 16.0. The van der Waals surface area contributed by atoms with E-state index in [1.807, 2.05) is 23.4 Å². The molecule has 8 heteroatoms. The quantitative estimate of drug-likeness (QED) is 0.828. The minimum Gasteiger partial charge on any atom is -0.345 e. The van der Waals surface area contributed by atoms with Gasteiger partial charge in [-0.15, -0.1) is 11.3 Å². The number of urea groups is 1. The summed E-state index contributed by atoms with van der Waals surface area (Å²) in [5.41, 5.74) is 3.26. The fourth-order valence-electron chi connectivity index (χ4n) is 3.02. The van der Waals surface area contributed by atoms with E-state index in [0.717, 1.165) is 61.4 Å². The summed E-state index contributed by atoms with van der Waals surface area (Å²) in [6.45, 7) is 10.7. The molecule has 1 aliphatic heterocycles. The van der Waals surface area contributed by atoms with Crippen LogP contribution in [0.15, 0.2) is 11.4 Å². The number of nitrogens with zero attached hydrogens (tertiary/aromatic N) is 5. The van der Waals surface area contributed by atoms with E-state index in [2.05, 4.69) is 38.7 Å². The maximum absolute atomic E-state index is 12.3. The molecule has 136 valence electrons. The van der Waals surface area contributed by atoms with Gasteiger partial charge in [-0.2, -0.15) is 5.10 Å². The lowest BCUT2D eigenvalue weighted by Gasteiger charge is -2.34. The molecule has 2 amide bonds. The smallest absolute Gasteiger partial charge is 0.317 e. The van der Waals surface area contributed by atoms with Crippen molar-refractivity contribution in [1.29, 1.82) is 0 Å². The van der Waals surface area contributed by atoms with Crippen molar-refractivity contribution in [3.8, 4) is 0 Å². The van der Waals surface area contributed by atoms with Crippen LogP contribution in [0.2, 0.25) is 0 Å². The van der Waals surface area contributed by atoms with Crippen molar-refractivity contribution in [2.24, 2.45) is 0 Å². The Hall–Kier alpha value is -2.09. The van der Waals surface area contributed by atoms with Crippen molar-refractivity contribution in [3.05, 3.63) is 28.5 Å². The third-order valence-electron chi connectivity index (χ3n) is 4.37. The Labute approximate surface area is 152 Å². The minimum absolute atomic E-state index is 0.0309. The van der Waals surface area contributed by atoms with Crippen LogP contribution in [0.25, 0.3) is 0 Å². The molecule has 0 aromatic carbocycles. The van der Waals surface area contributed by atoms with E-state index >= 15 is 0 Å². The molecule has 3 heterocycles. The molecule has 1 aliphatic rings. The van der Waals surface area contributed by atoms with E-state index in [0.29, 0.717) is 6.54 Å². The van der Waals surface area contributed by atoms with E-state index in [4.69, 9.17) is 0 Å². The van der Waals surface area contributed by atoms with Crippen LogP contribution in [-0.4, -0.2) is 58.4 Å². The van der Waals surface area contributed by atoms with E-state index in [9.17, 15) is 4.79 Å². The Morgan fingerprint density at radius 1 is 1.20 bits per heavy atom. The van der Waals surface area contributed by atoms with Crippen molar-refractivity contribution in [3.63, 3.8) is 0 Å². The van der Waals surface area contributed by atoms with Gasteiger partial charge in [-0.05, 0) is 33.3 Å². The summed E-state index contributed by atoms with van der Waals surface area (Å²) in [4.78, 5) is 21.0. The summed E-state index contributed by atoms with van der Waals surface area (Å²) >= 11 is 1.67. The highest BCUT2D eigenvalue weighted by Crippen LogP contribution is 2.21. The van der Waals surface area contributed by atoms with Gasteiger partial charge in [0.2, 0.25) is 0 Å². The second-order valence-electron chi connectivity index (χ2n) is 6.48. The fourth-order valence-corrected chi connectivity index (χ4v) is 3.88. The van der Waals surface area contributed by atoms with Gasteiger partial charge in [0.05, 0.1) is 11.4 Å². The summed E-state index contributed by atoms with van der Waals surface area (Å²) in [6, 6.07) is 2.10. The van der Waals surface area contributed by atoms with Gasteiger partial charge in [0.1, 0.15) is 0 Å². The molecule has 2 aromatic rings. The lowest BCUT2D eigenvalue weighted by Crippen LogP contribution is -2.52. The normalized spacial score (nSPS) is 14.8. The minimum atomic E-state index is 0.0309. The molecule has 1 fully saturated rings. The van der Waals surface area contributed by atoms with Gasteiger partial charge in [0.15, 0.2) is 5.13 Å². The zero-order valence-electron chi connectivity index (χ0n) is 15.2. The summed E-state index contributed by atoms with van der Waals surface area (Å²) in [5.74, 6) is 0. The molecule has 1 N–H and O–H groups in total. The van der Waals surface area contributed by atoms with Crippen molar-refractivity contribution < 1.29 is 4.79 Å². The number of rotatable bonds is 5. The number of piperazine rings is 1. The standard InChI is InChI=1S/C17H26N6OS/c1-13-11-15(3)23(20-13)6-4-5-18-16(24)21-7-9-22(10-8-21)17-19-14(2)12-25-17/h11-12H,4-10H2,1-3H3,(H,18,24). The first kappa shape index (κ1) is 17.7. The largest absolute Gasteiger partial charge is 0.345 e. The average molecular weight is 363 g/mol. The molecule has 0 saturated carbocycles. The first-order chi connectivity index (χ1) is 12.0. The van der Waals surface area contributed by atoms with E-state index < -0.39 is 0 Å². The predicted molar refractivity (Wildman–Crippen MR) is 100 cm³/mol. The molecule has 0 radical (unpaired) electrons. The summed E-state index contributed by atoms with van der Waals surface area (Å²) in [6.07, 6.45) is 0.881. The predicted octanol–water partition coefficient (Wildman–Crippen LogP) is 2.19. The lowest BCUT2D eigenvalue weighted by atomic mass is 10.3. The monoisotopic (exact) mass is 362 g/mol. The van der Waals surface area contributed by atoms with Crippen molar-refractivity contribution in [2.75, 3.05) is 37.6 Å². The van der Waals surface area contributed by atoms with Gasteiger partial charge in [-0.3, -0.25) is 4.68 Å². The van der Waals surface area contributed by atoms with Gasteiger partial charge in [0.25, 0.3) is 0 Å². The van der Waals surface area contributed by atoms with E-state index in [1.165, 1.54) is 0 Å². The van der Waals surface area contributed by atoms with Crippen LogP contribution in [0.3, 0.4) is 0 Å². The second kappa shape index (κ2) is 7.86. The Balaban J connectivity index is 1.37. The van der Waals surface area contributed by atoms with Crippen LogP contribution < -0.4 is 10.2 Å². The number of carbonyl (C=O) groups excluding carboxylic acids is 1. The average Bonchev–Trinajstić information content (AvgIpc) is 3.17. The third kappa shape index (κ3) is 4.50. The molecular weight excluding hydrogens is 336 g/mol. The molecule has 0 unspecified atom stereocenters. The van der Waals surface area contributed by atoms with Crippen LogP contribution in [0.4, 0.5) is 9.93 Å². The number of hydrogen-bond donors (Lipinski definition) is 1. The first-order valence-corrected chi connectivity index (χ1v) is 9.62. The lowest BCUT2D eigenvalue weighted by molar-refractivity contribution is 0.194. The molecule has 0 bridgehead atoms. The molecule has 2 aromatic heterocycles. The molecule has 0 atom stereocenters. The molecule has 3 rings (SSSR count). The van der Waals surface area contributed by atoms with Crippen LogP contribution in [0.5, 0.6) is 0 Å². The van der Waals surface area contributed by atoms with Crippen molar-refractivity contribution in [2.45, 2.75) is 33.7 Å². The fraction of sp³-hybridized carbons (Fsp3) is 0.588. The van der Waals surface area contributed by atoms with Crippen LogP contribution in [0.1, 0.15) is 23.5 Å². The second-order valence-corrected chi connectivity index (χ2v) is 7.32. The molecule has 0 aliphatic carbocycles.